The van der Waals surface area contributed by atoms with Gasteiger partial charge >= 0.3 is 5.97 Å². The minimum absolute atomic E-state index is 0.199. The number of nitrogens with zero attached hydrogens (tertiary/aromatic N) is 3. The van der Waals surface area contributed by atoms with Crippen LogP contribution >= 0.6 is 11.6 Å². The molecule has 1 saturated heterocycles. The second kappa shape index (κ2) is 6.00. The predicted molar refractivity (Wildman–Crippen MR) is 95.9 cm³/mol. The summed E-state index contributed by atoms with van der Waals surface area (Å²) in [5, 5.41) is 13.3. The first-order chi connectivity index (χ1) is 12.0. The number of piperazine rings is 1. The molecule has 8 heteroatoms. The minimum Gasteiger partial charge on any atom is -0.477 e. The van der Waals surface area contributed by atoms with E-state index in [1.54, 1.807) is 6.07 Å². The Kier molecular flexibility index (Phi) is 3.92. The van der Waals surface area contributed by atoms with Crippen LogP contribution in [0.5, 0.6) is 0 Å². The van der Waals surface area contributed by atoms with Crippen LogP contribution in [0.2, 0.25) is 5.02 Å². The fourth-order valence-corrected chi connectivity index (χ4v) is 3.64. The summed E-state index contributed by atoms with van der Waals surface area (Å²) in [4.78, 5) is 30.8. The van der Waals surface area contributed by atoms with Crippen LogP contribution in [-0.2, 0) is 0 Å². The van der Waals surface area contributed by atoms with E-state index in [0.29, 0.717) is 22.5 Å². The van der Waals surface area contributed by atoms with Crippen molar-refractivity contribution in [3.63, 3.8) is 0 Å². The van der Waals surface area contributed by atoms with E-state index < -0.39 is 11.4 Å². The SMILES string of the molecule is CC1CN(c2nc3c(cc2Cl)c(=O)c(C(=O)O)cn3C2CC2)CCN1. The van der Waals surface area contributed by atoms with Gasteiger partial charge in [-0.05, 0) is 25.8 Å². The van der Waals surface area contributed by atoms with Crippen LogP contribution in [0.15, 0.2) is 17.1 Å². The van der Waals surface area contributed by atoms with Crippen molar-refractivity contribution in [3.8, 4) is 0 Å². The molecule has 25 heavy (non-hydrogen) atoms. The van der Waals surface area contributed by atoms with E-state index in [9.17, 15) is 14.7 Å². The van der Waals surface area contributed by atoms with Crippen LogP contribution in [0.25, 0.3) is 11.0 Å². The monoisotopic (exact) mass is 362 g/mol. The summed E-state index contributed by atoms with van der Waals surface area (Å²) >= 11 is 6.42. The van der Waals surface area contributed by atoms with Gasteiger partial charge in [0.25, 0.3) is 0 Å². The van der Waals surface area contributed by atoms with Crippen molar-refractivity contribution in [1.29, 1.82) is 0 Å². The fraction of sp³-hybridized carbons (Fsp3) is 0.471. The van der Waals surface area contributed by atoms with Crippen molar-refractivity contribution in [2.45, 2.75) is 31.8 Å². The molecule has 1 atom stereocenters. The highest BCUT2D eigenvalue weighted by Gasteiger charge is 2.29. The molecule has 2 fully saturated rings. The summed E-state index contributed by atoms with van der Waals surface area (Å²) in [6.45, 7) is 4.49. The molecule has 0 bridgehead atoms. The number of pyridine rings is 2. The molecule has 0 radical (unpaired) electrons. The summed E-state index contributed by atoms with van der Waals surface area (Å²) < 4.78 is 1.83. The van der Waals surface area contributed by atoms with Crippen LogP contribution in [0, 0.1) is 0 Å². The van der Waals surface area contributed by atoms with Crippen molar-refractivity contribution in [1.82, 2.24) is 14.9 Å². The zero-order valence-corrected chi connectivity index (χ0v) is 14.6. The molecule has 4 rings (SSSR count). The van der Waals surface area contributed by atoms with Crippen molar-refractivity contribution in [2.75, 3.05) is 24.5 Å². The Labute approximate surface area is 149 Å². The molecule has 0 aromatic carbocycles. The Bertz CT molecular complexity index is 922. The molecule has 1 aliphatic heterocycles. The van der Waals surface area contributed by atoms with Gasteiger partial charge in [-0.3, -0.25) is 4.79 Å². The lowest BCUT2D eigenvalue weighted by Crippen LogP contribution is -2.49. The van der Waals surface area contributed by atoms with E-state index in [2.05, 4.69) is 17.1 Å². The standard InChI is InChI=1S/C17H19ClN4O3/c1-9-7-21(5-4-19-9)16-13(18)6-11-14(23)12(17(24)25)8-22(10-2-3-10)15(11)20-16/h6,8-10,19H,2-5,7H2,1H3,(H,24,25). The number of anilines is 1. The largest absolute Gasteiger partial charge is 0.477 e. The van der Waals surface area contributed by atoms with Gasteiger partial charge in [-0.15, -0.1) is 0 Å². The average molecular weight is 363 g/mol. The number of aromatic carboxylic acids is 1. The average Bonchev–Trinajstić information content (AvgIpc) is 3.39. The predicted octanol–water partition coefficient (Wildman–Crippen LogP) is 1.88. The lowest BCUT2D eigenvalue weighted by atomic mass is 10.1. The summed E-state index contributed by atoms with van der Waals surface area (Å²) in [6.07, 6.45) is 3.35. The van der Waals surface area contributed by atoms with E-state index >= 15 is 0 Å². The third kappa shape index (κ3) is 2.87. The molecule has 132 valence electrons. The first-order valence-electron chi connectivity index (χ1n) is 8.42. The first-order valence-corrected chi connectivity index (χ1v) is 8.80. The van der Waals surface area contributed by atoms with Crippen molar-refractivity contribution >= 4 is 34.4 Å². The number of fused-ring (bicyclic) bond motifs is 1. The Hall–Kier alpha value is -2.12. The molecular weight excluding hydrogens is 344 g/mol. The van der Waals surface area contributed by atoms with Crippen molar-refractivity contribution in [2.24, 2.45) is 0 Å². The number of carboxylic acids is 1. The van der Waals surface area contributed by atoms with E-state index in [0.717, 1.165) is 32.5 Å². The number of nitrogens with one attached hydrogen (secondary N) is 1. The molecule has 0 spiro atoms. The molecule has 1 saturated carbocycles. The van der Waals surface area contributed by atoms with Gasteiger partial charge in [0.05, 0.1) is 10.4 Å². The number of aromatic nitrogens is 2. The molecule has 2 N–H and O–H groups in total. The Morgan fingerprint density at radius 1 is 1.44 bits per heavy atom. The summed E-state index contributed by atoms with van der Waals surface area (Å²) in [7, 11) is 0. The van der Waals surface area contributed by atoms with Gasteiger partial charge in [0.2, 0.25) is 5.43 Å². The molecular formula is C17H19ClN4O3. The summed E-state index contributed by atoms with van der Waals surface area (Å²) in [5.74, 6) is -0.572. The maximum absolute atomic E-state index is 12.5. The van der Waals surface area contributed by atoms with Gasteiger partial charge < -0.3 is 19.9 Å². The quantitative estimate of drug-likeness (QED) is 0.866. The lowest BCUT2D eigenvalue weighted by Gasteiger charge is -2.33. The molecule has 1 unspecified atom stereocenters. The molecule has 3 heterocycles. The second-order valence-corrected chi connectivity index (χ2v) is 7.19. The second-order valence-electron chi connectivity index (χ2n) is 6.78. The number of rotatable bonds is 3. The topological polar surface area (TPSA) is 87.5 Å². The van der Waals surface area contributed by atoms with E-state index in [-0.39, 0.29) is 17.0 Å². The Morgan fingerprint density at radius 2 is 2.20 bits per heavy atom. The van der Waals surface area contributed by atoms with Crippen LogP contribution in [0.1, 0.15) is 36.2 Å². The first kappa shape index (κ1) is 16.4. The highest BCUT2D eigenvalue weighted by Crippen LogP contribution is 2.37. The molecule has 1 aliphatic carbocycles. The third-order valence-electron chi connectivity index (χ3n) is 4.78. The maximum Gasteiger partial charge on any atom is 0.341 e. The summed E-state index contributed by atoms with van der Waals surface area (Å²) in [5.41, 5.74) is -0.252. The highest BCUT2D eigenvalue weighted by molar-refractivity contribution is 6.33. The zero-order valence-electron chi connectivity index (χ0n) is 13.8. The van der Waals surface area contributed by atoms with Crippen LogP contribution in [-0.4, -0.2) is 46.3 Å². The fourth-order valence-electron chi connectivity index (χ4n) is 3.37. The molecule has 0 amide bonds. The molecule has 2 aliphatic rings. The molecule has 2 aromatic rings. The number of carboxylic acid groups (broad SMARTS) is 1. The van der Waals surface area contributed by atoms with Gasteiger partial charge in [0.1, 0.15) is 17.0 Å². The molecule has 7 nitrogen and oxygen atoms in total. The van der Waals surface area contributed by atoms with Gasteiger partial charge in [0.15, 0.2) is 0 Å². The van der Waals surface area contributed by atoms with Crippen LogP contribution in [0.4, 0.5) is 5.82 Å². The normalized spacial score (nSPS) is 20.9. The maximum atomic E-state index is 12.5. The zero-order chi connectivity index (χ0) is 17.7. The number of hydrogen-bond acceptors (Lipinski definition) is 5. The van der Waals surface area contributed by atoms with Gasteiger partial charge in [-0.2, -0.15) is 0 Å². The van der Waals surface area contributed by atoms with Crippen molar-refractivity contribution < 1.29 is 9.90 Å². The van der Waals surface area contributed by atoms with Crippen LogP contribution < -0.4 is 15.6 Å². The molecule has 2 aromatic heterocycles. The minimum atomic E-state index is -1.22. The Morgan fingerprint density at radius 3 is 2.84 bits per heavy atom. The van der Waals surface area contributed by atoms with E-state index in [4.69, 9.17) is 16.6 Å². The van der Waals surface area contributed by atoms with Crippen molar-refractivity contribution in [3.05, 3.63) is 33.1 Å². The van der Waals surface area contributed by atoms with E-state index in [1.165, 1.54) is 6.20 Å². The smallest absolute Gasteiger partial charge is 0.341 e. The van der Waals surface area contributed by atoms with E-state index in [1.807, 2.05) is 4.57 Å². The van der Waals surface area contributed by atoms with Gasteiger partial charge in [-0.1, -0.05) is 11.6 Å². The van der Waals surface area contributed by atoms with Crippen LogP contribution in [0.3, 0.4) is 0 Å². The van der Waals surface area contributed by atoms with Gasteiger partial charge in [-0.25, -0.2) is 9.78 Å². The highest BCUT2D eigenvalue weighted by atomic mass is 35.5. The Balaban J connectivity index is 1.92. The number of hydrogen-bond donors (Lipinski definition) is 2. The summed E-state index contributed by atoms with van der Waals surface area (Å²) in [6, 6.07) is 2.09. The number of halogens is 1. The lowest BCUT2D eigenvalue weighted by molar-refractivity contribution is 0.0695. The third-order valence-corrected chi connectivity index (χ3v) is 5.06. The number of carbonyl (C=O) groups is 1. The van der Waals surface area contributed by atoms with Gasteiger partial charge in [0, 0.05) is 37.9 Å².